The molecule has 2 heteroatoms. The number of hydrogen-bond acceptors (Lipinski definition) is 1. The van der Waals surface area contributed by atoms with E-state index in [0.29, 0.717) is 0 Å². The summed E-state index contributed by atoms with van der Waals surface area (Å²) in [6, 6.07) is 8.51. The summed E-state index contributed by atoms with van der Waals surface area (Å²) in [6.45, 7) is 5.37. The highest BCUT2D eigenvalue weighted by atomic mass is 28.1. The van der Waals surface area contributed by atoms with Gasteiger partial charge in [-0.3, -0.25) is 0 Å². The molecule has 0 bridgehead atoms. The van der Waals surface area contributed by atoms with Crippen molar-refractivity contribution < 1.29 is 4.74 Å². The highest BCUT2D eigenvalue weighted by Gasteiger charge is 2.06. The van der Waals surface area contributed by atoms with Gasteiger partial charge in [-0.15, -0.1) is 0 Å². The monoisotopic (exact) mass is 236 g/mol. The van der Waals surface area contributed by atoms with Crippen LogP contribution < -0.4 is 9.92 Å². The van der Waals surface area contributed by atoms with E-state index in [1.165, 1.54) is 30.9 Å². The Morgan fingerprint density at radius 2 is 1.88 bits per heavy atom. The fourth-order valence-corrected chi connectivity index (χ4v) is 2.08. The first kappa shape index (κ1) is 13.3. The molecule has 1 aromatic carbocycles. The SMILES string of the molecule is CCCCC(CC)COc1ccc([SiH3])cc1. The van der Waals surface area contributed by atoms with Gasteiger partial charge in [-0.1, -0.05) is 50.4 Å². The summed E-state index contributed by atoms with van der Waals surface area (Å²) in [7, 11) is 1.12. The quantitative estimate of drug-likeness (QED) is 0.660. The third-order valence-corrected chi connectivity index (χ3v) is 3.72. The molecule has 1 nitrogen and oxygen atoms in total. The molecule has 1 aromatic rings. The zero-order valence-electron chi connectivity index (χ0n) is 10.8. The standard InChI is InChI=1S/C14H24OSi/c1-3-5-6-12(4-2)11-15-13-7-9-14(16)10-8-13/h7-10,12H,3-6,11H2,1-2,16H3. The van der Waals surface area contributed by atoms with Gasteiger partial charge in [-0.25, -0.2) is 0 Å². The Labute approximate surface area is 103 Å². The van der Waals surface area contributed by atoms with Crippen LogP contribution in [0.2, 0.25) is 0 Å². The molecule has 0 radical (unpaired) electrons. The largest absolute Gasteiger partial charge is 0.493 e. The van der Waals surface area contributed by atoms with Gasteiger partial charge in [-0.2, -0.15) is 0 Å². The third kappa shape index (κ3) is 4.84. The average Bonchev–Trinajstić information content (AvgIpc) is 2.32. The Morgan fingerprint density at radius 3 is 2.44 bits per heavy atom. The van der Waals surface area contributed by atoms with Gasteiger partial charge in [0.25, 0.3) is 0 Å². The minimum Gasteiger partial charge on any atom is -0.493 e. The summed E-state index contributed by atoms with van der Waals surface area (Å²) in [5.74, 6) is 1.74. The van der Waals surface area contributed by atoms with Gasteiger partial charge in [0.15, 0.2) is 0 Å². The fourth-order valence-electron chi connectivity index (χ4n) is 1.75. The molecule has 0 aliphatic rings. The maximum absolute atomic E-state index is 5.83. The van der Waals surface area contributed by atoms with Gasteiger partial charge in [0, 0.05) is 10.2 Å². The van der Waals surface area contributed by atoms with E-state index >= 15 is 0 Å². The molecule has 0 saturated carbocycles. The molecule has 0 fully saturated rings. The van der Waals surface area contributed by atoms with Crippen molar-refractivity contribution in [1.82, 2.24) is 0 Å². The van der Waals surface area contributed by atoms with Crippen LogP contribution in [0.3, 0.4) is 0 Å². The lowest BCUT2D eigenvalue weighted by Gasteiger charge is -2.15. The molecule has 0 spiro atoms. The lowest BCUT2D eigenvalue weighted by molar-refractivity contribution is 0.233. The molecule has 16 heavy (non-hydrogen) atoms. The Morgan fingerprint density at radius 1 is 1.19 bits per heavy atom. The van der Waals surface area contributed by atoms with Gasteiger partial charge in [0.2, 0.25) is 0 Å². The molecule has 0 saturated heterocycles. The first-order chi connectivity index (χ1) is 7.76. The van der Waals surface area contributed by atoms with Crippen molar-refractivity contribution in [2.45, 2.75) is 39.5 Å². The summed E-state index contributed by atoms with van der Waals surface area (Å²) < 4.78 is 5.83. The molecule has 90 valence electrons. The number of benzene rings is 1. The summed E-state index contributed by atoms with van der Waals surface area (Å²) >= 11 is 0. The Kier molecular flexibility index (Phi) is 6.24. The van der Waals surface area contributed by atoms with Crippen LogP contribution in [-0.4, -0.2) is 16.8 Å². The van der Waals surface area contributed by atoms with Crippen LogP contribution in [-0.2, 0) is 0 Å². The molecular formula is C14H24OSi. The van der Waals surface area contributed by atoms with Crippen LogP contribution in [0.25, 0.3) is 0 Å². The van der Waals surface area contributed by atoms with E-state index in [9.17, 15) is 0 Å². The van der Waals surface area contributed by atoms with E-state index in [4.69, 9.17) is 4.74 Å². The van der Waals surface area contributed by atoms with Crippen LogP contribution in [0.4, 0.5) is 0 Å². The van der Waals surface area contributed by atoms with E-state index in [2.05, 4.69) is 38.1 Å². The third-order valence-electron chi connectivity index (χ3n) is 3.05. The van der Waals surface area contributed by atoms with Gasteiger partial charge < -0.3 is 4.74 Å². The van der Waals surface area contributed by atoms with Crippen molar-refractivity contribution >= 4 is 15.4 Å². The highest BCUT2D eigenvalue weighted by Crippen LogP contribution is 2.15. The molecule has 0 heterocycles. The fraction of sp³-hybridized carbons (Fsp3) is 0.571. The number of hydrogen-bond donors (Lipinski definition) is 0. The summed E-state index contributed by atoms with van der Waals surface area (Å²) in [5.41, 5.74) is 0. The molecule has 0 N–H and O–H groups in total. The second kappa shape index (κ2) is 7.50. The van der Waals surface area contributed by atoms with E-state index < -0.39 is 0 Å². The smallest absolute Gasteiger partial charge is 0.119 e. The lowest BCUT2D eigenvalue weighted by atomic mass is 10.0. The molecule has 1 rings (SSSR count). The zero-order valence-corrected chi connectivity index (χ0v) is 12.8. The van der Waals surface area contributed by atoms with Gasteiger partial charge >= 0.3 is 0 Å². The van der Waals surface area contributed by atoms with Crippen molar-refractivity contribution in [2.24, 2.45) is 5.92 Å². The van der Waals surface area contributed by atoms with Gasteiger partial charge in [0.05, 0.1) is 6.61 Å². The molecular weight excluding hydrogens is 212 g/mol. The molecule has 0 aliphatic heterocycles. The zero-order chi connectivity index (χ0) is 11.8. The molecule has 0 amide bonds. The summed E-state index contributed by atoms with van der Waals surface area (Å²) in [5, 5.41) is 1.42. The normalized spacial score (nSPS) is 12.6. The molecule has 1 unspecified atom stereocenters. The Hall–Kier alpha value is -0.763. The van der Waals surface area contributed by atoms with Crippen LogP contribution in [0, 0.1) is 5.92 Å². The lowest BCUT2D eigenvalue weighted by Crippen LogP contribution is -2.11. The molecule has 0 aromatic heterocycles. The Bertz CT molecular complexity index is 281. The van der Waals surface area contributed by atoms with E-state index in [-0.39, 0.29) is 0 Å². The molecule has 0 aliphatic carbocycles. The van der Waals surface area contributed by atoms with Crippen LogP contribution in [0.15, 0.2) is 24.3 Å². The van der Waals surface area contributed by atoms with Crippen LogP contribution in [0.1, 0.15) is 39.5 Å². The van der Waals surface area contributed by atoms with Crippen LogP contribution >= 0.6 is 0 Å². The first-order valence-corrected chi connectivity index (χ1v) is 7.45. The van der Waals surface area contributed by atoms with Crippen molar-refractivity contribution in [3.8, 4) is 5.75 Å². The predicted molar refractivity (Wildman–Crippen MR) is 74.8 cm³/mol. The molecule has 1 atom stereocenters. The number of unbranched alkanes of at least 4 members (excludes halogenated alkanes) is 1. The second-order valence-electron chi connectivity index (χ2n) is 4.54. The van der Waals surface area contributed by atoms with Gasteiger partial charge in [-0.05, 0) is 24.5 Å². The number of ether oxygens (including phenoxy) is 1. The van der Waals surface area contributed by atoms with Gasteiger partial charge in [0.1, 0.15) is 5.75 Å². The van der Waals surface area contributed by atoms with E-state index in [1.807, 2.05) is 0 Å². The van der Waals surface area contributed by atoms with Crippen molar-refractivity contribution in [3.05, 3.63) is 24.3 Å². The summed E-state index contributed by atoms with van der Waals surface area (Å²) in [6.07, 6.45) is 5.12. The topological polar surface area (TPSA) is 9.23 Å². The van der Waals surface area contributed by atoms with E-state index in [0.717, 1.165) is 28.5 Å². The predicted octanol–water partition coefficient (Wildman–Crippen LogP) is 2.27. The highest BCUT2D eigenvalue weighted by molar-refractivity contribution is 6.32. The van der Waals surface area contributed by atoms with Crippen molar-refractivity contribution in [3.63, 3.8) is 0 Å². The second-order valence-corrected chi connectivity index (χ2v) is 5.70. The first-order valence-electron chi connectivity index (χ1n) is 6.45. The number of rotatable bonds is 7. The maximum atomic E-state index is 5.83. The minimum atomic E-state index is 0.718. The minimum absolute atomic E-state index is 0.718. The maximum Gasteiger partial charge on any atom is 0.119 e. The van der Waals surface area contributed by atoms with Crippen molar-refractivity contribution in [2.75, 3.05) is 6.61 Å². The average molecular weight is 236 g/mol. The summed E-state index contributed by atoms with van der Waals surface area (Å²) in [4.78, 5) is 0. The van der Waals surface area contributed by atoms with Crippen molar-refractivity contribution in [1.29, 1.82) is 0 Å². The Balaban J connectivity index is 2.34. The van der Waals surface area contributed by atoms with Crippen LogP contribution in [0.5, 0.6) is 5.75 Å². The van der Waals surface area contributed by atoms with E-state index in [1.54, 1.807) is 0 Å².